The van der Waals surface area contributed by atoms with Crippen LogP contribution in [0.15, 0.2) is 30.6 Å². The molecule has 1 aromatic heterocycles. The Balaban J connectivity index is 2.55. The highest BCUT2D eigenvalue weighted by Gasteiger charge is 2.34. The quantitative estimate of drug-likeness (QED) is 0.689. The van der Waals surface area contributed by atoms with Crippen LogP contribution in [-0.2, 0) is 9.12 Å². The SMILES string of the molecule is O=CC(Br)(c1ccc(Cl)c(Cl)c1)c1ncc[nH]1. The number of halogens is 3. The molecule has 3 nitrogen and oxygen atoms in total. The molecule has 0 aliphatic heterocycles. The lowest BCUT2D eigenvalue weighted by atomic mass is 10.00. The summed E-state index contributed by atoms with van der Waals surface area (Å²) in [5.41, 5.74) is 0.664. The van der Waals surface area contributed by atoms with Crippen LogP contribution in [0.5, 0.6) is 0 Å². The van der Waals surface area contributed by atoms with E-state index in [1.165, 1.54) is 0 Å². The van der Waals surface area contributed by atoms with Crippen LogP contribution in [-0.4, -0.2) is 16.3 Å². The Morgan fingerprint density at radius 3 is 2.65 bits per heavy atom. The molecule has 0 radical (unpaired) electrons. The highest BCUT2D eigenvalue weighted by atomic mass is 79.9. The monoisotopic (exact) mass is 332 g/mol. The number of rotatable bonds is 3. The number of alkyl halides is 1. The molecule has 2 aromatic rings. The number of H-pyrrole nitrogens is 1. The van der Waals surface area contributed by atoms with Crippen molar-refractivity contribution in [1.29, 1.82) is 0 Å². The number of carbonyl (C=O) groups is 1. The predicted octanol–water partition coefficient (Wildman–Crippen LogP) is 3.55. The summed E-state index contributed by atoms with van der Waals surface area (Å²) in [6.45, 7) is 0. The molecule has 1 atom stereocenters. The lowest BCUT2D eigenvalue weighted by Gasteiger charge is -2.19. The van der Waals surface area contributed by atoms with Crippen molar-refractivity contribution in [3.8, 4) is 0 Å². The van der Waals surface area contributed by atoms with Crippen molar-refractivity contribution in [1.82, 2.24) is 9.97 Å². The van der Waals surface area contributed by atoms with Gasteiger partial charge in [-0.05, 0) is 17.7 Å². The van der Waals surface area contributed by atoms with Crippen LogP contribution in [0.1, 0.15) is 11.4 Å². The van der Waals surface area contributed by atoms with Crippen LogP contribution in [0.3, 0.4) is 0 Å². The molecule has 0 spiro atoms. The Kier molecular flexibility index (Phi) is 3.56. The van der Waals surface area contributed by atoms with Gasteiger partial charge in [0.15, 0.2) is 4.32 Å². The Morgan fingerprint density at radius 1 is 1.35 bits per heavy atom. The molecule has 0 aliphatic carbocycles. The molecule has 1 heterocycles. The van der Waals surface area contributed by atoms with Crippen LogP contribution >= 0.6 is 39.1 Å². The topological polar surface area (TPSA) is 45.8 Å². The average Bonchev–Trinajstić information content (AvgIpc) is 2.86. The van der Waals surface area contributed by atoms with Crippen LogP contribution in [0.4, 0.5) is 0 Å². The Morgan fingerprint density at radius 2 is 2.12 bits per heavy atom. The highest BCUT2D eigenvalue weighted by molar-refractivity contribution is 9.10. The molecular formula is C11H7BrCl2N2O. The Bertz CT molecular complexity index is 544. The zero-order chi connectivity index (χ0) is 12.5. The van der Waals surface area contributed by atoms with Gasteiger partial charge in [-0.15, -0.1) is 0 Å². The van der Waals surface area contributed by atoms with Gasteiger partial charge in [0.25, 0.3) is 0 Å². The van der Waals surface area contributed by atoms with E-state index in [2.05, 4.69) is 25.9 Å². The van der Waals surface area contributed by atoms with Crippen molar-refractivity contribution in [2.45, 2.75) is 4.32 Å². The number of nitrogens with zero attached hydrogens (tertiary/aromatic N) is 1. The van der Waals surface area contributed by atoms with Gasteiger partial charge in [0.2, 0.25) is 0 Å². The number of aromatic nitrogens is 2. The van der Waals surface area contributed by atoms with Crippen molar-refractivity contribution in [3.05, 3.63) is 52.0 Å². The molecule has 0 bridgehead atoms. The number of nitrogens with one attached hydrogen (secondary N) is 1. The van der Waals surface area contributed by atoms with Crippen molar-refractivity contribution >= 4 is 45.4 Å². The van der Waals surface area contributed by atoms with Gasteiger partial charge in [0.05, 0.1) is 10.0 Å². The van der Waals surface area contributed by atoms with E-state index >= 15 is 0 Å². The molecule has 0 aliphatic rings. The number of aromatic amines is 1. The second kappa shape index (κ2) is 4.80. The largest absolute Gasteiger partial charge is 0.347 e. The first-order chi connectivity index (χ1) is 8.08. The molecule has 17 heavy (non-hydrogen) atoms. The summed E-state index contributed by atoms with van der Waals surface area (Å²) in [5, 5.41) is 0.831. The summed E-state index contributed by atoms with van der Waals surface area (Å²) in [7, 11) is 0. The van der Waals surface area contributed by atoms with Gasteiger partial charge in [-0.25, -0.2) is 4.98 Å². The smallest absolute Gasteiger partial charge is 0.163 e. The van der Waals surface area contributed by atoms with Crippen molar-refractivity contribution in [2.75, 3.05) is 0 Å². The maximum absolute atomic E-state index is 11.3. The zero-order valence-electron chi connectivity index (χ0n) is 8.45. The molecule has 0 fully saturated rings. The number of aldehydes is 1. The number of benzene rings is 1. The first-order valence-electron chi connectivity index (χ1n) is 4.68. The predicted molar refractivity (Wildman–Crippen MR) is 70.8 cm³/mol. The van der Waals surface area contributed by atoms with E-state index in [1.54, 1.807) is 30.6 Å². The molecule has 1 N–H and O–H groups in total. The van der Waals surface area contributed by atoms with Gasteiger partial charge in [-0.2, -0.15) is 0 Å². The van der Waals surface area contributed by atoms with Gasteiger partial charge in [-0.3, -0.25) is 0 Å². The third-order valence-electron chi connectivity index (χ3n) is 2.34. The number of hydrogen-bond acceptors (Lipinski definition) is 2. The second-order valence-corrected chi connectivity index (χ2v) is 5.46. The van der Waals surface area contributed by atoms with Crippen LogP contribution in [0.2, 0.25) is 10.0 Å². The minimum Gasteiger partial charge on any atom is -0.347 e. The Hall–Kier alpha value is -0.840. The molecule has 88 valence electrons. The number of carbonyl (C=O) groups excluding carboxylic acids is 1. The minimum atomic E-state index is -1.04. The fourth-order valence-electron chi connectivity index (χ4n) is 1.45. The van der Waals surface area contributed by atoms with E-state index in [0.717, 1.165) is 6.29 Å². The van der Waals surface area contributed by atoms with Crippen molar-refractivity contribution in [3.63, 3.8) is 0 Å². The lowest BCUT2D eigenvalue weighted by molar-refractivity contribution is -0.109. The number of imidazole rings is 1. The van der Waals surface area contributed by atoms with E-state index in [0.29, 0.717) is 21.4 Å². The van der Waals surface area contributed by atoms with Crippen LogP contribution in [0, 0.1) is 0 Å². The van der Waals surface area contributed by atoms with Crippen molar-refractivity contribution < 1.29 is 4.79 Å². The average molecular weight is 334 g/mol. The minimum absolute atomic E-state index is 0.390. The molecule has 0 amide bonds. The standard InChI is InChI=1S/C11H7BrCl2N2O/c12-11(6-17,10-15-3-4-16-10)7-1-2-8(13)9(14)5-7/h1-6H,(H,15,16). The summed E-state index contributed by atoms with van der Waals surface area (Å²) in [4.78, 5) is 18.3. The van der Waals surface area contributed by atoms with E-state index in [-0.39, 0.29) is 0 Å². The van der Waals surface area contributed by atoms with Crippen LogP contribution < -0.4 is 0 Å². The first kappa shape index (κ1) is 12.6. The lowest BCUT2D eigenvalue weighted by Crippen LogP contribution is -2.23. The molecule has 2 rings (SSSR count). The maximum atomic E-state index is 11.3. The van der Waals surface area contributed by atoms with Gasteiger partial charge in [0, 0.05) is 12.4 Å². The van der Waals surface area contributed by atoms with E-state index in [4.69, 9.17) is 23.2 Å². The third kappa shape index (κ3) is 2.25. The van der Waals surface area contributed by atoms with Crippen molar-refractivity contribution in [2.24, 2.45) is 0 Å². The van der Waals surface area contributed by atoms with Gasteiger partial charge < -0.3 is 9.78 Å². The summed E-state index contributed by atoms with van der Waals surface area (Å²) >= 11 is 15.2. The molecule has 6 heteroatoms. The zero-order valence-corrected chi connectivity index (χ0v) is 11.6. The molecule has 0 saturated heterocycles. The van der Waals surface area contributed by atoms with Gasteiger partial charge in [0.1, 0.15) is 12.1 Å². The summed E-state index contributed by atoms with van der Waals surface area (Å²) < 4.78 is -1.04. The molecule has 1 aromatic carbocycles. The van der Waals surface area contributed by atoms with Gasteiger partial charge in [-0.1, -0.05) is 45.2 Å². The van der Waals surface area contributed by atoms with Gasteiger partial charge >= 0.3 is 0 Å². The summed E-state index contributed by atoms with van der Waals surface area (Å²) in [5.74, 6) is 0.492. The molecular weight excluding hydrogens is 327 g/mol. The first-order valence-corrected chi connectivity index (χ1v) is 6.23. The Labute approximate surface area is 116 Å². The van der Waals surface area contributed by atoms with E-state index in [1.807, 2.05) is 0 Å². The molecule has 1 unspecified atom stereocenters. The highest BCUT2D eigenvalue weighted by Crippen LogP contribution is 2.37. The van der Waals surface area contributed by atoms with Crippen LogP contribution in [0.25, 0.3) is 0 Å². The van der Waals surface area contributed by atoms with E-state index in [9.17, 15) is 4.79 Å². The summed E-state index contributed by atoms with van der Waals surface area (Å²) in [6, 6.07) is 5.00. The maximum Gasteiger partial charge on any atom is 0.163 e. The molecule has 0 saturated carbocycles. The fourth-order valence-corrected chi connectivity index (χ4v) is 2.21. The fraction of sp³-hybridized carbons (Fsp3) is 0.0909. The third-order valence-corrected chi connectivity index (χ3v) is 4.10. The second-order valence-electron chi connectivity index (χ2n) is 3.40. The summed E-state index contributed by atoms with van der Waals surface area (Å²) in [6.07, 6.45) is 3.98. The number of hydrogen-bond donors (Lipinski definition) is 1. The normalized spacial score (nSPS) is 14.3. The van der Waals surface area contributed by atoms with E-state index < -0.39 is 4.32 Å².